The Labute approximate surface area is 129 Å². The number of hydrogen-bond donors (Lipinski definition) is 1. The van der Waals surface area contributed by atoms with Crippen LogP contribution in [0.2, 0.25) is 0 Å². The van der Waals surface area contributed by atoms with Crippen molar-refractivity contribution in [2.45, 2.75) is 57.7 Å². The fourth-order valence-corrected chi connectivity index (χ4v) is 3.93. The number of rotatable bonds is 5. The Kier molecular flexibility index (Phi) is 3.78. The molecule has 1 saturated carbocycles. The first-order chi connectivity index (χ1) is 10.1. The Morgan fingerprint density at radius 3 is 2.57 bits per heavy atom. The molecule has 1 unspecified atom stereocenters. The molecule has 1 aliphatic heterocycles. The number of nitrogens with one attached hydrogen (secondary N) is 1. The number of hydrogen-bond acceptors (Lipinski definition) is 3. The molecule has 4 nitrogen and oxygen atoms in total. The van der Waals surface area contributed by atoms with Crippen molar-refractivity contribution in [1.29, 1.82) is 0 Å². The molecule has 1 aromatic heterocycles. The van der Waals surface area contributed by atoms with E-state index in [1.807, 2.05) is 30.2 Å². The van der Waals surface area contributed by atoms with Gasteiger partial charge in [-0.25, -0.2) is 0 Å². The van der Waals surface area contributed by atoms with E-state index >= 15 is 0 Å². The number of carbonyl (C=O) groups excluding carboxylic acids is 2. The van der Waals surface area contributed by atoms with Gasteiger partial charge in [-0.05, 0) is 54.0 Å². The van der Waals surface area contributed by atoms with Crippen LogP contribution in [0.25, 0.3) is 0 Å². The van der Waals surface area contributed by atoms with Gasteiger partial charge in [0, 0.05) is 6.54 Å². The van der Waals surface area contributed by atoms with E-state index in [1.165, 1.54) is 0 Å². The highest BCUT2D eigenvalue weighted by Gasteiger charge is 2.53. The minimum atomic E-state index is -0.710. The molecule has 5 heteroatoms. The Hall–Kier alpha value is -1.36. The SMILES string of the molecule is CCC1(CC)NC(=O)C(C2CC2)N(Cc2ccsc2)C1=O. The summed E-state index contributed by atoms with van der Waals surface area (Å²) in [6.45, 7) is 4.50. The number of piperazine rings is 1. The molecule has 0 aromatic carbocycles. The van der Waals surface area contributed by atoms with Crippen LogP contribution in [-0.2, 0) is 16.1 Å². The number of carbonyl (C=O) groups is 2. The highest BCUT2D eigenvalue weighted by Crippen LogP contribution is 2.39. The molecule has 2 amide bonds. The summed E-state index contributed by atoms with van der Waals surface area (Å²) in [4.78, 5) is 27.5. The van der Waals surface area contributed by atoms with Crippen LogP contribution >= 0.6 is 11.3 Å². The highest BCUT2D eigenvalue weighted by molar-refractivity contribution is 7.07. The topological polar surface area (TPSA) is 49.4 Å². The maximum Gasteiger partial charge on any atom is 0.249 e. The minimum absolute atomic E-state index is 0.0380. The lowest BCUT2D eigenvalue weighted by atomic mass is 9.86. The van der Waals surface area contributed by atoms with E-state index in [1.54, 1.807) is 11.3 Å². The van der Waals surface area contributed by atoms with Crippen LogP contribution in [0.15, 0.2) is 16.8 Å². The van der Waals surface area contributed by atoms with Crippen molar-refractivity contribution in [2.24, 2.45) is 5.92 Å². The monoisotopic (exact) mass is 306 g/mol. The van der Waals surface area contributed by atoms with Crippen LogP contribution in [0.1, 0.15) is 45.1 Å². The van der Waals surface area contributed by atoms with Crippen molar-refractivity contribution in [2.75, 3.05) is 0 Å². The molecule has 3 rings (SSSR count). The lowest BCUT2D eigenvalue weighted by molar-refractivity contribution is -0.157. The number of amides is 2. The summed E-state index contributed by atoms with van der Waals surface area (Å²) < 4.78 is 0. The second-order valence-corrected chi connectivity index (χ2v) is 6.91. The van der Waals surface area contributed by atoms with E-state index < -0.39 is 5.54 Å². The van der Waals surface area contributed by atoms with Gasteiger partial charge in [0.2, 0.25) is 11.8 Å². The molecule has 0 spiro atoms. The molecular weight excluding hydrogens is 284 g/mol. The molecule has 1 saturated heterocycles. The zero-order valence-electron chi connectivity index (χ0n) is 12.6. The van der Waals surface area contributed by atoms with E-state index in [9.17, 15) is 9.59 Å². The van der Waals surface area contributed by atoms with Crippen LogP contribution in [-0.4, -0.2) is 28.3 Å². The molecule has 1 atom stereocenters. The number of thiophene rings is 1. The van der Waals surface area contributed by atoms with E-state index in [2.05, 4.69) is 10.7 Å². The van der Waals surface area contributed by atoms with Crippen LogP contribution in [0.5, 0.6) is 0 Å². The van der Waals surface area contributed by atoms with Crippen molar-refractivity contribution in [3.05, 3.63) is 22.4 Å². The number of nitrogens with zero attached hydrogens (tertiary/aromatic N) is 1. The molecule has 0 bridgehead atoms. The lowest BCUT2D eigenvalue weighted by Gasteiger charge is -2.45. The average Bonchev–Trinajstić information content (AvgIpc) is 3.18. The van der Waals surface area contributed by atoms with E-state index in [4.69, 9.17) is 0 Å². The van der Waals surface area contributed by atoms with Crippen LogP contribution in [0.3, 0.4) is 0 Å². The third kappa shape index (κ3) is 2.48. The third-order valence-corrected chi connectivity index (χ3v) is 5.58. The molecule has 1 aromatic rings. The van der Waals surface area contributed by atoms with Gasteiger partial charge in [0.1, 0.15) is 11.6 Å². The summed E-state index contributed by atoms with van der Waals surface area (Å²) in [6.07, 6.45) is 3.39. The fourth-order valence-electron chi connectivity index (χ4n) is 3.27. The largest absolute Gasteiger partial charge is 0.340 e. The maximum absolute atomic E-state index is 13.0. The van der Waals surface area contributed by atoms with E-state index in [-0.39, 0.29) is 17.9 Å². The second-order valence-electron chi connectivity index (χ2n) is 6.13. The maximum atomic E-state index is 13.0. The molecule has 2 fully saturated rings. The smallest absolute Gasteiger partial charge is 0.249 e. The summed E-state index contributed by atoms with van der Waals surface area (Å²) in [5, 5.41) is 7.11. The van der Waals surface area contributed by atoms with Crippen molar-refractivity contribution < 1.29 is 9.59 Å². The van der Waals surface area contributed by atoms with Crippen LogP contribution in [0.4, 0.5) is 0 Å². The Morgan fingerprint density at radius 1 is 1.33 bits per heavy atom. The third-order valence-electron chi connectivity index (χ3n) is 4.85. The standard InChI is InChI=1S/C16H22N2O2S/c1-3-16(4-2)15(20)18(9-11-7-8-21-10-11)13(12-5-6-12)14(19)17-16/h7-8,10,12-13H,3-6,9H2,1-2H3,(H,17,19). The van der Waals surface area contributed by atoms with Crippen molar-refractivity contribution in [3.8, 4) is 0 Å². The van der Waals surface area contributed by atoms with Crippen LogP contribution in [0, 0.1) is 5.92 Å². The van der Waals surface area contributed by atoms with Gasteiger partial charge in [-0.2, -0.15) is 11.3 Å². The normalized spacial score (nSPS) is 25.0. The van der Waals surface area contributed by atoms with Gasteiger partial charge >= 0.3 is 0 Å². The molecule has 21 heavy (non-hydrogen) atoms. The van der Waals surface area contributed by atoms with Gasteiger partial charge in [0.05, 0.1) is 0 Å². The fraction of sp³-hybridized carbons (Fsp3) is 0.625. The Morgan fingerprint density at radius 2 is 2.05 bits per heavy atom. The van der Waals surface area contributed by atoms with Gasteiger partial charge in [-0.1, -0.05) is 13.8 Å². The lowest BCUT2D eigenvalue weighted by Crippen LogP contribution is -2.70. The summed E-state index contributed by atoms with van der Waals surface area (Å²) in [5.74, 6) is 0.477. The zero-order chi connectivity index (χ0) is 15.0. The van der Waals surface area contributed by atoms with Crippen molar-refractivity contribution in [3.63, 3.8) is 0 Å². The van der Waals surface area contributed by atoms with Crippen molar-refractivity contribution >= 4 is 23.2 Å². The van der Waals surface area contributed by atoms with E-state index in [0.717, 1.165) is 18.4 Å². The quantitative estimate of drug-likeness (QED) is 0.909. The first kappa shape index (κ1) is 14.6. The second kappa shape index (κ2) is 5.44. The molecule has 1 aliphatic carbocycles. The van der Waals surface area contributed by atoms with Gasteiger partial charge in [0.15, 0.2) is 0 Å². The van der Waals surface area contributed by atoms with E-state index in [0.29, 0.717) is 25.3 Å². The van der Waals surface area contributed by atoms with Gasteiger partial charge in [-0.15, -0.1) is 0 Å². The Balaban J connectivity index is 1.92. The predicted molar refractivity (Wildman–Crippen MR) is 82.8 cm³/mol. The first-order valence-electron chi connectivity index (χ1n) is 7.75. The van der Waals surface area contributed by atoms with Gasteiger partial charge in [0.25, 0.3) is 0 Å². The summed E-state index contributed by atoms with van der Waals surface area (Å²) >= 11 is 1.63. The van der Waals surface area contributed by atoms with Gasteiger partial charge < -0.3 is 10.2 Å². The Bertz CT molecular complexity index is 532. The molecule has 2 heterocycles. The average molecular weight is 306 g/mol. The summed E-state index contributed by atoms with van der Waals surface area (Å²) in [7, 11) is 0. The summed E-state index contributed by atoms with van der Waals surface area (Å²) in [6, 6.07) is 1.76. The van der Waals surface area contributed by atoms with Gasteiger partial charge in [-0.3, -0.25) is 9.59 Å². The minimum Gasteiger partial charge on any atom is -0.340 e. The molecular formula is C16H22N2O2S. The molecule has 1 N–H and O–H groups in total. The van der Waals surface area contributed by atoms with Crippen LogP contribution < -0.4 is 5.32 Å². The zero-order valence-corrected chi connectivity index (χ0v) is 13.4. The highest BCUT2D eigenvalue weighted by atomic mass is 32.1. The van der Waals surface area contributed by atoms with Crippen molar-refractivity contribution in [1.82, 2.24) is 10.2 Å². The molecule has 2 aliphatic rings. The molecule has 0 radical (unpaired) electrons. The molecule has 114 valence electrons. The summed E-state index contributed by atoms with van der Waals surface area (Å²) in [5.41, 5.74) is 0.410. The first-order valence-corrected chi connectivity index (χ1v) is 8.69. The predicted octanol–water partition coefficient (Wildman–Crippen LogP) is 2.54.